The second kappa shape index (κ2) is 5.33. The molecule has 1 aliphatic carbocycles. The predicted molar refractivity (Wildman–Crippen MR) is 65.3 cm³/mol. The highest BCUT2D eigenvalue weighted by Gasteiger charge is 2.21. The van der Waals surface area contributed by atoms with E-state index in [1.54, 1.807) is 6.92 Å². The van der Waals surface area contributed by atoms with Gasteiger partial charge in [-0.25, -0.2) is 8.78 Å². The number of anilines is 1. The van der Waals surface area contributed by atoms with Gasteiger partial charge in [-0.1, -0.05) is 6.07 Å². The van der Waals surface area contributed by atoms with Crippen LogP contribution in [-0.4, -0.2) is 19.0 Å². The van der Waals surface area contributed by atoms with Crippen molar-refractivity contribution in [2.75, 3.05) is 18.4 Å². The van der Waals surface area contributed by atoms with Gasteiger partial charge in [0.05, 0.1) is 6.54 Å². The summed E-state index contributed by atoms with van der Waals surface area (Å²) in [6.45, 7) is 2.08. The first kappa shape index (κ1) is 12.8. The molecule has 0 aliphatic heterocycles. The van der Waals surface area contributed by atoms with Crippen molar-refractivity contribution >= 4 is 11.6 Å². The lowest BCUT2D eigenvalue weighted by Crippen LogP contribution is -2.31. The Morgan fingerprint density at radius 2 is 2.11 bits per heavy atom. The van der Waals surface area contributed by atoms with E-state index >= 15 is 0 Å². The van der Waals surface area contributed by atoms with Gasteiger partial charge in [-0.3, -0.25) is 4.79 Å². The molecule has 0 saturated heterocycles. The van der Waals surface area contributed by atoms with E-state index in [0.29, 0.717) is 18.0 Å². The van der Waals surface area contributed by atoms with Gasteiger partial charge in [0.15, 0.2) is 5.82 Å². The van der Waals surface area contributed by atoms with Crippen molar-refractivity contribution < 1.29 is 13.6 Å². The van der Waals surface area contributed by atoms with Crippen molar-refractivity contribution in [1.82, 2.24) is 5.32 Å². The van der Waals surface area contributed by atoms with Gasteiger partial charge in [-0.05, 0) is 37.3 Å². The molecule has 1 aliphatic rings. The van der Waals surface area contributed by atoms with Gasteiger partial charge in [0.2, 0.25) is 5.91 Å². The third kappa shape index (κ3) is 3.18. The molecule has 0 heterocycles. The first-order valence-corrected chi connectivity index (χ1v) is 6.03. The molecule has 0 spiro atoms. The maximum absolute atomic E-state index is 13.6. The lowest BCUT2D eigenvalue weighted by Gasteiger charge is -2.10. The molecule has 1 amide bonds. The fraction of sp³-hybridized carbons (Fsp3) is 0.462. The van der Waals surface area contributed by atoms with Crippen LogP contribution in [0.25, 0.3) is 0 Å². The molecule has 1 saturated carbocycles. The summed E-state index contributed by atoms with van der Waals surface area (Å²) in [7, 11) is 0. The average Bonchev–Trinajstić information content (AvgIpc) is 3.15. The summed E-state index contributed by atoms with van der Waals surface area (Å²) in [6.07, 6.45) is 2.30. The van der Waals surface area contributed by atoms with Crippen molar-refractivity contribution in [2.45, 2.75) is 19.8 Å². The second-order valence-electron chi connectivity index (χ2n) is 4.65. The normalized spacial score (nSPS) is 14.4. The van der Waals surface area contributed by atoms with E-state index in [4.69, 9.17) is 0 Å². The number of nitrogens with one attached hydrogen (secondary N) is 2. The van der Waals surface area contributed by atoms with Gasteiger partial charge in [0.25, 0.3) is 0 Å². The summed E-state index contributed by atoms with van der Waals surface area (Å²) in [6, 6.07) is 2.55. The van der Waals surface area contributed by atoms with Crippen molar-refractivity contribution in [2.24, 2.45) is 5.92 Å². The number of rotatable bonds is 5. The van der Waals surface area contributed by atoms with E-state index in [1.165, 1.54) is 12.1 Å². The van der Waals surface area contributed by atoms with E-state index in [0.717, 1.165) is 12.8 Å². The van der Waals surface area contributed by atoms with Crippen LogP contribution in [0.5, 0.6) is 0 Å². The van der Waals surface area contributed by atoms with Crippen LogP contribution in [0, 0.1) is 24.5 Å². The van der Waals surface area contributed by atoms with Gasteiger partial charge < -0.3 is 10.6 Å². The highest BCUT2D eigenvalue weighted by molar-refractivity contribution is 5.80. The van der Waals surface area contributed by atoms with Crippen LogP contribution < -0.4 is 10.6 Å². The summed E-state index contributed by atoms with van der Waals surface area (Å²) in [5.41, 5.74) is 0.105. The second-order valence-corrected chi connectivity index (χ2v) is 4.65. The Balaban J connectivity index is 1.88. The van der Waals surface area contributed by atoms with Crippen LogP contribution in [0.1, 0.15) is 18.4 Å². The van der Waals surface area contributed by atoms with Crippen LogP contribution in [0.4, 0.5) is 14.5 Å². The SMILES string of the molecule is Cc1ccc(F)c(NCC(=O)NCC2CC2)c1F. The molecule has 18 heavy (non-hydrogen) atoms. The van der Waals surface area contributed by atoms with Crippen LogP contribution in [-0.2, 0) is 4.79 Å². The molecule has 5 heteroatoms. The molecule has 0 radical (unpaired) electrons. The Morgan fingerprint density at radius 3 is 2.78 bits per heavy atom. The molecule has 3 nitrogen and oxygen atoms in total. The third-order valence-corrected chi connectivity index (χ3v) is 2.99. The zero-order valence-electron chi connectivity index (χ0n) is 10.2. The van der Waals surface area contributed by atoms with Gasteiger partial charge >= 0.3 is 0 Å². The molecule has 1 aromatic carbocycles. The maximum Gasteiger partial charge on any atom is 0.239 e. The van der Waals surface area contributed by atoms with Crippen molar-refractivity contribution in [3.63, 3.8) is 0 Å². The first-order chi connectivity index (χ1) is 8.58. The average molecular weight is 254 g/mol. The van der Waals surface area contributed by atoms with Crippen LogP contribution in [0.15, 0.2) is 12.1 Å². The molecule has 0 atom stereocenters. The molecular formula is C13H16F2N2O. The Kier molecular flexibility index (Phi) is 3.79. The number of carbonyl (C=O) groups excluding carboxylic acids is 1. The lowest BCUT2D eigenvalue weighted by atomic mass is 10.2. The fourth-order valence-electron chi connectivity index (χ4n) is 1.63. The molecule has 1 fully saturated rings. The minimum absolute atomic E-state index is 0.121. The van der Waals surface area contributed by atoms with Gasteiger partial charge in [0, 0.05) is 6.54 Å². The Labute approximate surface area is 105 Å². The van der Waals surface area contributed by atoms with Crippen molar-refractivity contribution in [3.8, 4) is 0 Å². The van der Waals surface area contributed by atoms with Crippen LogP contribution >= 0.6 is 0 Å². The van der Waals surface area contributed by atoms with Gasteiger partial charge in [-0.2, -0.15) is 0 Å². The third-order valence-electron chi connectivity index (χ3n) is 2.99. The molecule has 98 valence electrons. The summed E-state index contributed by atoms with van der Waals surface area (Å²) >= 11 is 0. The number of hydrogen-bond acceptors (Lipinski definition) is 2. The topological polar surface area (TPSA) is 41.1 Å². The number of halogens is 2. The fourth-order valence-corrected chi connectivity index (χ4v) is 1.63. The van der Waals surface area contributed by atoms with Crippen molar-refractivity contribution in [1.29, 1.82) is 0 Å². The summed E-state index contributed by atoms with van der Waals surface area (Å²) in [4.78, 5) is 11.4. The van der Waals surface area contributed by atoms with E-state index in [-0.39, 0.29) is 18.1 Å². The molecular weight excluding hydrogens is 238 g/mol. The predicted octanol–water partition coefficient (Wildman–Crippen LogP) is 2.21. The Bertz CT molecular complexity index is 459. The van der Waals surface area contributed by atoms with E-state index in [9.17, 15) is 13.6 Å². The number of aryl methyl sites for hydroxylation is 1. The number of carbonyl (C=O) groups is 1. The van der Waals surface area contributed by atoms with E-state index < -0.39 is 11.6 Å². The summed E-state index contributed by atoms with van der Waals surface area (Å²) in [5.74, 6) is -0.998. The number of benzene rings is 1. The highest BCUT2D eigenvalue weighted by atomic mass is 19.1. The van der Waals surface area contributed by atoms with Crippen LogP contribution in [0.3, 0.4) is 0 Å². The van der Waals surface area contributed by atoms with Crippen molar-refractivity contribution in [3.05, 3.63) is 29.3 Å². The number of amides is 1. The zero-order valence-corrected chi connectivity index (χ0v) is 10.2. The molecule has 0 aromatic heterocycles. The molecule has 0 unspecified atom stereocenters. The van der Waals surface area contributed by atoms with Gasteiger partial charge in [-0.15, -0.1) is 0 Å². The smallest absolute Gasteiger partial charge is 0.239 e. The molecule has 1 aromatic rings. The largest absolute Gasteiger partial charge is 0.371 e. The molecule has 2 N–H and O–H groups in total. The quantitative estimate of drug-likeness (QED) is 0.846. The minimum Gasteiger partial charge on any atom is -0.371 e. The van der Waals surface area contributed by atoms with Crippen LogP contribution in [0.2, 0.25) is 0 Å². The maximum atomic E-state index is 13.6. The van der Waals surface area contributed by atoms with E-state index in [2.05, 4.69) is 10.6 Å². The molecule has 0 bridgehead atoms. The first-order valence-electron chi connectivity index (χ1n) is 6.03. The van der Waals surface area contributed by atoms with Gasteiger partial charge in [0.1, 0.15) is 11.5 Å². The standard InChI is InChI=1S/C13H16F2N2O/c1-8-2-5-10(14)13(12(8)15)17-7-11(18)16-6-9-3-4-9/h2,5,9,17H,3-4,6-7H2,1H3,(H,16,18). The lowest BCUT2D eigenvalue weighted by molar-refractivity contribution is -0.119. The van der Waals surface area contributed by atoms with E-state index in [1.807, 2.05) is 0 Å². The Hall–Kier alpha value is -1.65. The molecule has 2 rings (SSSR count). The monoisotopic (exact) mass is 254 g/mol. The number of hydrogen-bond donors (Lipinski definition) is 2. The summed E-state index contributed by atoms with van der Waals surface area (Å²) in [5, 5.41) is 5.23. The zero-order chi connectivity index (χ0) is 13.1. The highest BCUT2D eigenvalue weighted by Crippen LogP contribution is 2.27. The minimum atomic E-state index is -0.687. The summed E-state index contributed by atoms with van der Waals surface area (Å²) < 4.78 is 27.0. The Morgan fingerprint density at radius 1 is 1.39 bits per heavy atom.